The van der Waals surface area contributed by atoms with Gasteiger partial charge in [-0.05, 0) is 65.0 Å². The van der Waals surface area contributed by atoms with Gasteiger partial charge in [-0.2, -0.15) is 0 Å². The Labute approximate surface area is 170 Å². The monoisotopic (exact) mass is 480 g/mol. The number of aromatic hydroxyl groups is 1. The van der Waals surface area contributed by atoms with Crippen molar-refractivity contribution in [1.29, 1.82) is 0 Å². The maximum absolute atomic E-state index is 12.5. The second-order valence-electron chi connectivity index (χ2n) is 5.80. The molecular weight excluding hydrogens is 463 g/mol. The first-order valence-corrected chi connectivity index (χ1v) is 9.35. The van der Waals surface area contributed by atoms with Crippen molar-refractivity contribution in [1.82, 2.24) is 10.6 Å². The molecule has 1 aliphatic rings. The summed E-state index contributed by atoms with van der Waals surface area (Å²) in [4.78, 5) is 12.5. The van der Waals surface area contributed by atoms with Crippen LogP contribution in [0, 0.1) is 3.57 Å². The Bertz CT molecular complexity index is 913. The van der Waals surface area contributed by atoms with Crippen LogP contribution in [0.3, 0.4) is 0 Å². The summed E-state index contributed by atoms with van der Waals surface area (Å²) in [6.07, 6.45) is 0. The van der Waals surface area contributed by atoms with Gasteiger partial charge in [0.2, 0.25) is 0 Å². The number of hydrogen-bond acceptors (Lipinski definition) is 4. The first-order valence-electron chi connectivity index (χ1n) is 7.86. The van der Waals surface area contributed by atoms with E-state index < -0.39 is 6.04 Å². The number of Topliss-reactive ketones (excluding diaryl/α,β-unsaturated/α-hetero) is 1. The molecule has 0 fully saturated rings. The quantitative estimate of drug-likeness (QED) is 0.460. The summed E-state index contributed by atoms with van der Waals surface area (Å²) in [5.41, 5.74) is 2.93. The molecule has 2 aromatic carbocycles. The predicted octanol–water partition coefficient (Wildman–Crippen LogP) is 3.52. The molecule has 1 heterocycles. The van der Waals surface area contributed by atoms with Crippen LogP contribution in [0.4, 0.5) is 0 Å². The van der Waals surface area contributed by atoms with Crippen molar-refractivity contribution in [2.75, 3.05) is 7.11 Å². The third-order valence-corrected chi connectivity index (χ3v) is 5.16. The molecule has 5 nitrogen and oxygen atoms in total. The van der Waals surface area contributed by atoms with Crippen molar-refractivity contribution in [3.63, 3.8) is 0 Å². The highest BCUT2D eigenvalue weighted by Crippen LogP contribution is 2.38. The van der Waals surface area contributed by atoms with Crippen molar-refractivity contribution < 1.29 is 14.6 Å². The summed E-state index contributed by atoms with van der Waals surface area (Å²) in [5, 5.41) is 16.8. The number of methoxy groups -OCH3 is 1. The topological polar surface area (TPSA) is 70.6 Å². The second-order valence-corrected chi connectivity index (χ2v) is 7.37. The van der Waals surface area contributed by atoms with Crippen LogP contribution in [0.15, 0.2) is 48.0 Å². The number of phenolic OH excluding ortho intramolecular Hbond substituents is 1. The van der Waals surface area contributed by atoms with Crippen LogP contribution >= 0.6 is 34.8 Å². The van der Waals surface area contributed by atoms with E-state index in [-0.39, 0.29) is 11.5 Å². The first kappa shape index (κ1) is 18.7. The molecule has 0 radical (unpaired) electrons. The average molecular weight is 480 g/mol. The molecule has 0 aliphatic carbocycles. The van der Waals surface area contributed by atoms with Crippen LogP contribution in [-0.4, -0.2) is 23.1 Å². The molecule has 1 atom stereocenters. The van der Waals surface area contributed by atoms with E-state index in [1.165, 1.54) is 14.0 Å². The smallest absolute Gasteiger partial charge is 0.171 e. The third-order valence-electron chi connectivity index (χ3n) is 4.12. The number of ether oxygens (including phenoxy) is 1. The number of carbonyl (C=O) groups excluding carboxylic acids is 1. The number of carbonyl (C=O) groups is 1. The molecule has 26 heavy (non-hydrogen) atoms. The van der Waals surface area contributed by atoms with E-state index in [4.69, 9.17) is 17.0 Å². The maximum atomic E-state index is 12.5. The highest BCUT2D eigenvalue weighted by atomic mass is 127. The summed E-state index contributed by atoms with van der Waals surface area (Å²) in [5.74, 6) is 0.353. The molecular formula is C19H17IN2O3S. The Kier molecular flexibility index (Phi) is 5.47. The Morgan fingerprint density at radius 2 is 1.96 bits per heavy atom. The minimum Gasteiger partial charge on any atom is -0.504 e. The summed E-state index contributed by atoms with van der Waals surface area (Å²) in [7, 11) is 1.49. The number of phenols is 1. The molecule has 3 rings (SSSR count). The van der Waals surface area contributed by atoms with E-state index in [0.717, 1.165) is 11.1 Å². The van der Waals surface area contributed by atoms with Crippen LogP contribution in [0.25, 0.3) is 5.70 Å². The molecule has 134 valence electrons. The lowest BCUT2D eigenvalue weighted by atomic mass is 9.90. The van der Waals surface area contributed by atoms with Gasteiger partial charge in [-0.15, -0.1) is 0 Å². The Hall–Kier alpha value is -2.13. The average Bonchev–Trinajstić information content (AvgIpc) is 2.63. The minimum absolute atomic E-state index is 0.0709. The van der Waals surface area contributed by atoms with Gasteiger partial charge in [-0.25, -0.2) is 0 Å². The van der Waals surface area contributed by atoms with Gasteiger partial charge in [0.05, 0.1) is 22.4 Å². The number of benzene rings is 2. The van der Waals surface area contributed by atoms with Crippen LogP contribution < -0.4 is 15.4 Å². The van der Waals surface area contributed by atoms with Crippen LogP contribution in [0.1, 0.15) is 24.1 Å². The first-order chi connectivity index (χ1) is 12.4. The molecule has 0 unspecified atom stereocenters. The normalized spacial score (nSPS) is 16.7. The maximum Gasteiger partial charge on any atom is 0.171 e. The zero-order chi connectivity index (χ0) is 18.8. The van der Waals surface area contributed by atoms with E-state index in [9.17, 15) is 9.90 Å². The van der Waals surface area contributed by atoms with Gasteiger partial charge in [0.1, 0.15) is 0 Å². The standard InChI is InChI=1S/C19H17IN2O3S/c1-10(23)15-16(11-6-4-3-5-7-11)21-19(26)22-17(15)12-8-13(20)18(24)14(9-12)25-2/h3-9,17,24H,1-2H3,(H2,21,22,26)/t17-/m0/s1. The minimum atomic E-state index is -0.445. The lowest BCUT2D eigenvalue weighted by molar-refractivity contribution is -0.113. The summed E-state index contributed by atoms with van der Waals surface area (Å²) in [6, 6.07) is 12.7. The molecule has 0 bridgehead atoms. The fraction of sp³-hybridized carbons (Fsp3) is 0.158. The lowest BCUT2D eigenvalue weighted by Gasteiger charge is -2.31. The highest BCUT2D eigenvalue weighted by molar-refractivity contribution is 14.1. The van der Waals surface area contributed by atoms with E-state index in [1.54, 1.807) is 6.07 Å². The molecule has 0 saturated heterocycles. The van der Waals surface area contributed by atoms with Gasteiger partial charge in [-0.3, -0.25) is 4.79 Å². The Balaban J connectivity index is 2.21. The molecule has 0 saturated carbocycles. The van der Waals surface area contributed by atoms with Gasteiger partial charge in [0, 0.05) is 5.57 Å². The molecule has 3 N–H and O–H groups in total. The number of rotatable bonds is 4. The van der Waals surface area contributed by atoms with Crippen LogP contribution in [0.5, 0.6) is 11.5 Å². The summed E-state index contributed by atoms with van der Waals surface area (Å²) in [6.45, 7) is 1.53. The molecule has 7 heteroatoms. The molecule has 0 aromatic heterocycles. The van der Waals surface area contributed by atoms with Gasteiger partial charge in [0.15, 0.2) is 22.4 Å². The second kappa shape index (κ2) is 7.63. The molecule has 1 aliphatic heterocycles. The van der Waals surface area contributed by atoms with Crippen molar-refractivity contribution in [3.8, 4) is 11.5 Å². The zero-order valence-electron chi connectivity index (χ0n) is 14.2. The van der Waals surface area contributed by atoms with Crippen molar-refractivity contribution in [2.45, 2.75) is 13.0 Å². The molecule has 2 aromatic rings. The highest BCUT2D eigenvalue weighted by Gasteiger charge is 2.31. The van der Waals surface area contributed by atoms with Crippen molar-refractivity contribution in [3.05, 3.63) is 62.7 Å². The van der Waals surface area contributed by atoms with E-state index in [1.807, 2.05) is 59.0 Å². The fourth-order valence-electron chi connectivity index (χ4n) is 2.94. The molecule has 0 amide bonds. The number of nitrogens with one attached hydrogen (secondary N) is 2. The third kappa shape index (κ3) is 3.54. The van der Waals surface area contributed by atoms with E-state index in [0.29, 0.717) is 25.7 Å². The molecule has 0 spiro atoms. The van der Waals surface area contributed by atoms with Crippen molar-refractivity contribution >= 4 is 51.4 Å². The van der Waals surface area contributed by atoms with Gasteiger partial charge in [-0.1, -0.05) is 30.3 Å². The van der Waals surface area contributed by atoms with E-state index in [2.05, 4.69) is 10.6 Å². The SMILES string of the molecule is COc1cc([C@@H]2NC(=S)NC(c3ccccc3)=C2C(C)=O)cc(I)c1O. The lowest BCUT2D eigenvalue weighted by Crippen LogP contribution is -2.44. The summed E-state index contributed by atoms with van der Waals surface area (Å²) >= 11 is 7.40. The van der Waals surface area contributed by atoms with Crippen molar-refractivity contribution in [2.24, 2.45) is 0 Å². The summed E-state index contributed by atoms with van der Waals surface area (Å²) < 4.78 is 5.89. The number of hydrogen-bond donors (Lipinski definition) is 3. The fourth-order valence-corrected chi connectivity index (χ4v) is 3.79. The largest absolute Gasteiger partial charge is 0.504 e. The van der Waals surface area contributed by atoms with Gasteiger partial charge in [0.25, 0.3) is 0 Å². The number of thiocarbonyl (C=S) groups is 1. The number of ketones is 1. The Morgan fingerprint density at radius 1 is 1.27 bits per heavy atom. The van der Waals surface area contributed by atoms with Gasteiger partial charge >= 0.3 is 0 Å². The van der Waals surface area contributed by atoms with Crippen LogP contribution in [-0.2, 0) is 4.79 Å². The Morgan fingerprint density at radius 3 is 2.58 bits per heavy atom. The van der Waals surface area contributed by atoms with Gasteiger partial charge < -0.3 is 20.5 Å². The number of halogens is 1. The predicted molar refractivity (Wildman–Crippen MR) is 113 cm³/mol. The van der Waals surface area contributed by atoms with E-state index >= 15 is 0 Å². The zero-order valence-corrected chi connectivity index (χ0v) is 17.1. The van der Waals surface area contributed by atoms with Crippen LogP contribution in [0.2, 0.25) is 0 Å².